The number of amides is 1. The van der Waals surface area contributed by atoms with Crippen LogP contribution in [-0.2, 0) is 0 Å². The van der Waals surface area contributed by atoms with Gasteiger partial charge in [0, 0.05) is 30.0 Å². The Labute approximate surface area is 90.1 Å². The van der Waals surface area contributed by atoms with Gasteiger partial charge >= 0.3 is 0 Å². The molecule has 1 amide bonds. The van der Waals surface area contributed by atoms with Gasteiger partial charge in [0.2, 0.25) is 0 Å². The first-order chi connectivity index (χ1) is 7.18. The Hall–Kier alpha value is -1.38. The average molecular weight is 204 g/mol. The van der Waals surface area contributed by atoms with Gasteiger partial charge < -0.3 is 4.90 Å². The highest BCUT2D eigenvalue weighted by atomic mass is 16.2. The molecule has 0 saturated carbocycles. The van der Waals surface area contributed by atoms with E-state index in [0.717, 1.165) is 30.6 Å². The Morgan fingerprint density at radius 3 is 3.00 bits per heavy atom. The minimum atomic E-state index is 0.144. The standard InChI is InChI=1S/C12H16N2O/c1-9-8-11(5-6-13-9)12(15)14-7-3-4-10(14)2/h5-6,8,10H,3-4,7H2,1-2H3. The van der Waals surface area contributed by atoms with E-state index in [9.17, 15) is 4.79 Å². The van der Waals surface area contributed by atoms with Crippen LogP contribution in [0, 0.1) is 6.92 Å². The van der Waals surface area contributed by atoms with E-state index in [1.807, 2.05) is 17.9 Å². The van der Waals surface area contributed by atoms with E-state index < -0.39 is 0 Å². The van der Waals surface area contributed by atoms with E-state index >= 15 is 0 Å². The molecule has 80 valence electrons. The average Bonchev–Trinajstić information content (AvgIpc) is 2.63. The second kappa shape index (κ2) is 4.01. The predicted molar refractivity (Wildman–Crippen MR) is 58.7 cm³/mol. The fraction of sp³-hybridized carbons (Fsp3) is 0.500. The number of rotatable bonds is 1. The third kappa shape index (κ3) is 2.01. The first-order valence-electron chi connectivity index (χ1n) is 5.42. The van der Waals surface area contributed by atoms with E-state index in [-0.39, 0.29) is 5.91 Å². The molecule has 1 aromatic heterocycles. The summed E-state index contributed by atoms with van der Waals surface area (Å²) in [6.45, 7) is 4.91. The largest absolute Gasteiger partial charge is 0.336 e. The number of likely N-dealkylation sites (tertiary alicyclic amines) is 1. The summed E-state index contributed by atoms with van der Waals surface area (Å²) in [4.78, 5) is 18.2. The molecule has 1 aliphatic rings. The predicted octanol–water partition coefficient (Wildman–Crippen LogP) is 2.01. The maximum absolute atomic E-state index is 12.1. The topological polar surface area (TPSA) is 33.2 Å². The van der Waals surface area contributed by atoms with Crippen LogP contribution in [0.2, 0.25) is 0 Å². The number of pyridine rings is 1. The molecule has 3 heteroatoms. The maximum atomic E-state index is 12.1. The van der Waals surface area contributed by atoms with E-state index in [1.165, 1.54) is 0 Å². The zero-order valence-corrected chi connectivity index (χ0v) is 9.23. The van der Waals surface area contributed by atoms with Gasteiger partial charge in [-0.3, -0.25) is 9.78 Å². The lowest BCUT2D eigenvalue weighted by molar-refractivity contribution is 0.0747. The number of hydrogen-bond donors (Lipinski definition) is 0. The summed E-state index contributed by atoms with van der Waals surface area (Å²) in [5.74, 6) is 0.144. The van der Waals surface area contributed by atoms with Crippen LogP contribution in [0.3, 0.4) is 0 Å². The molecule has 0 aromatic carbocycles. The molecular formula is C12H16N2O. The molecule has 0 aliphatic carbocycles. The van der Waals surface area contributed by atoms with Crippen LogP contribution in [0.4, 0.5) is 0 Å². The number of carbonyl (C=O) groups is 1. The van der Waals surface area contributed by atoms with Crippen LogP contribution in [0.1, 0.15) is 35.8 Å². The second-order valence-corrected chi connectivity index (χ2v) is 4.18. The summed E-state index contributed by atoms with van der Waals surface area (Å²) in [7, 11) is 0. The van der Waals surface area contributed by atoms with E-state index in [1.54, 1.807) is 12.3 Å². The SMILES string of the molecule is Cc1cc(C(=O)N2CCCC2C)ccn1. The molecule has 3 nitrogen and oxygen atoms in total. The summed E-state index contributed by atoms with van der Waals surface area (Å²) in [6.07, 6.45) is 3.94. The molecular weight excluding hydrogens is 188 g/mol. The van der Waals surface area contributed by atoms with Gasteiger partial charge in [-0.05, 0) is 38.8 Å². The molecule has 0 N–H and O–H groups in total. The van der Waals surface area contributed by atoms with Gasteiger partial charge in [-0.2, -0.15) is 0 Å². The van der Waals surface area contributed by atoms with Crippen LogP contribution in [0.25, 0.3) is 0 Å². The van der Waals surface area contributed by atoms with Gasteiger partial charge in [0.25, 0.3) is 5.91 Å². The van der Waals surface area contributed by atoms with Crippen LogP contribution in [0.15, 0.2) is 18.3 Å². The molecule has 1 fully saturated rings. The summed E-state index contributed by atoms with van der Waals surface area (Å²) in [5.41, 5.74) is 1.66. The lowest BCUT2D eigenvalue weighted by Gasteiger charge is -2.21. The summed E-state index contributed by atoms with van der Waals surface area (Å²) >= 11 is 0. The molecule has 2 rings (SSSR count). The van der Waals surface area contributed by atoms with Gasteiger partial charge in [-0.25, -0.2) is 0 Å². The molecule has 2 heterocycles. The van der Waals surface area contributed by atoms with E-state index in [0.29, 0.717) is 6.04 Å². The van der Waals surface area contributed by atoms with Crippen molar-refractivity contribution in [3.05, 3.63) is 29.6 Å². The van der Waals surface area contributed by atoms with Crippen molar-refractivity contribution >= 4 is 5.91 Å². The maximum Gasteiger partial charge on any atom is 0.254 e. The molecule has 0 spiro atoms. The molecule has 0 radical (unpaired) electrons. The molecule has 1 aromatic rings. The summed E-state index contributed by atoms with van der Waals surface area (Å²) < 4.78 is 0. The molecule has 1 aliphatic heterocycles. The number of hydrogen-bond acceptors (Lipinski definition) is 2. The summed E-state index contributed by atoms with van der Waals surface area (Å²) in [5, 5.41) is 0. The van der Waals surface area contributed by atoms with Gasteiger partial charge in [-0.15, -0.1) is 0 Å². The third-order valence-electron chi connectivity index (χ3n) is 2.96. The molecule has 0 bridgehead atoms. The van der Waals surface area contributed by atoms with Crippen LogP contribution in [0.5, 0.6) is 0 Å². The van der Waals surface area contributed by atoms with Crippen LogP contribution >= 0.6 is 0 Å². The molecule has 1 unspecified atom stereocenters. The number of carbonyl (C=O) groups excluding carboxylic acids is 1. The first-order valence-corrected chi connectivity index (χ1v) is 5.42. The number of aromatic nitrogens is 1. The molecule has 15 heavy (non-hydrogen) atoms. The normalized spacial score (nSPS) is 20.7. The minimum Gasteiger partial charge on any atom is -0.336 e. The second-order valence-electron chi connectivity index (χ2n) is 4.18. The van der Waals surface area contributed by atoms with E-state index in [4.69, 9.17) is 0 Å². The van der Waals surface area contributed by atoms with Crippen molar-refractivity contribution in [3.63, 3.8) is 0 Å². The van der Waals surface area contributed by atoms with Crippen molar-refractivity contribution in [2.75, 3.05) is 6.54 Å². The van der Waals surface area contributed by atoms with Gasteiger partial charge in [0.05, 0.1) is 0 Å². The number of aryl methyl sites for hydroxylation is 1. The summed E-state index contributed by atoms with van der Waals surface area (Å²) in [6, 6.07) is 4.03. The Kier molecular flexibility index (Phi) is 2.71. The van der Waals surface area contributed by atoms with Crippen LogP contribution < -0.4 is 0 Å². The van der Waals surface area contributed by atoms with Crippen molar-refractivity contribution in [2.24, 2.45) is 0 Å². The first kappa shape index (κ1) is 10.1. The smallest absolute Gasteiger partial charge is 0.254 e. The van der Waals surface area contributed by atoms with Crippen molar-refractivity contribution < 1.29 is 4.79 Å². The Morgan fingerprint density at radius 2 is 2.40 bits per heavy atom. The third-order valence-corrected chi connectivity index (χ3v) is 2.96. The lowest BCUT2D eigenvalue weighted by Crippen LogP contribution is -2.33. The van der Waals surface area contributed by atoms with Crippen molar-refractivity contribution in [1.29, 1.82) is 0 Å². The Balaban J connectivity index is 2.20. The zero-order valence-electron chi connectivity index (χ0n) is 9.23. The highest BCUT2D eigenvalue weighted by Gasteiger charge is 2.25. The highest BCUT2D eigenvalue weighted by molar-refractivity contribution is 5.94. The zero-order chi connectivity index (χ0) is 10.8. The van der Waals surface area contributed by atoms with Gasteiger partial charge in [0.15, 0.2) is 0 Å². The Morgan fingerprint density at radius 1 is 1.60 bits per heavy atom. The van der Waals surface area contributed by atoms with Gasteiger partial charge in [0.1, 0.15) is 0 Å². The van der Waals surface area contributed by atoms with Crippen molar-refractivity contribution in [1.82, 2.24) is 9.88 Å². The monoisotopic (exact) mass is 204 g/mol. The van der Waals surface area contributed by atoms with Crippen molar-refractivity contribution in [2.45, 2.75) is 32.7 Å². The van der Waals surface area contributed by atoms with Crippen molar-refractivity contribution in [3.8, 4) is 0 Å². The fourth-order valence-corrected chi connectivity index (χ4v) is 2.08. The van der Waals surface area contributed by atoms with Crippen LogP contribution in [-0.4, -0.2) is 28.4 Å². The quantitative estimate of drug-likeness (QED) is 0.701. The molecule has 1 saturated heterocycles. The molecule has 1 atom stereocenters. The number of nitrogens with zero attached hydrogens (tertiary/aromatic N) is 2. The highest BCUT2D eigenvalue weighted by Crippen LogP contribution is 2.19. The van der Waals surface area contributed by atoms with Gasteiger partial charge in [-0.1, -0.05) is 0 Å². The Bertz CT molecular complexity index is 376. The minimum absolute atomic E-state index is 0.144. The lowest BCUT2D eigenvalue weighted by atomic mass is 10.2. The van der Waals surface area contributed by atoms with E-state index in [2.05, 4.69) is 11.9 Å². The fourth-order valence-electron chi connectivity index (χ4n) is 2.08.